The Bertz CT molecular complexity index is 994. The highest BCUT2D eigenvalue weighted by Crippen LogP contribution is 2.31. The van der Waals surface area contributed by atoms with Crippen LogP contribution in [0.5, 0.6) is 0 Å². The standard InChI is InChI=1S/C19H16ClN5O3/c1-11-7-8-14(13(20)9-11)21-15(26)10-24-17-16(22-23-24)18(27)25(19(17)28)12-5-3-2-4-6-12/h2-9,16-17H,10H2,1H3,(H,21,26)/t16-,17-/m1/s1. The van der Waals surface area contributed by atoms with E-state index in [1.54, 1.807) is 42.5 Å². The van der Waals surface area contributed by atoms with Crippen molar-refractivity contribution >= 4 is 40.7 Å². The first kappa shape index (κ1) is 18.1. The molecule has 142 valence electrons. The van der Waals surface area contributed by atoms with Crippen LogP contribution < -0.4 is 10.2 Å². The van der Waals surface area contributed by atoms with Gasteiger partial charge in [0.25, 0.3) is 11.8 Å². The van der Waals surface area contributed by atoms with Crippen molar-refractivity contribution in [1.82, 2.24) is 5.01 Å². The van der Waals surface area contributed by atoms with Crippen molar-refractivity contribution in [3.8, 4) is 0 Å². The minimum atomic E-state index is -0.941. The van der Waals surface area contributed by atoms with E-state index in [0.29, 0.717) is 16.4 Å². The average molecular weight is 398 g/mol. The number of para-hydroxylation sites is 1. The molecule has 9 heteroatoms. The van der Waals surface area contributed by atoms with Crippen LogP contribution in [0.3, 0.4) is 0 Å². The lowest BCUT2D eigenvalue weighted by Gasteiger charge is -2.20. The number of hydrogen-bond acceptors (Lipinski definition) is 6. The van der Waals surface area contributed by atoms with Crippen LogP contribution in [0.4, 0.5) is 11.4 Å². The average Bonchev–Trinajstić information content (AvgIpc) is 3.18. The molecule has 2 aromatic rings. The monoisotopic (exact) mass is 397 g/mol. The van der Waals surface area contributed by atoms with Crippen molar-refractivity contribution in [3.05, 3.63) is 59.1 Å². The second kappa shape index (κ2) is 7.05. The van der Waals surface area contributed by atoms with E-state index in [-0.39, 0.29) is 6.54 Å². The molecule has 0 saturated carbocycles. The molecular weight excluding hydrogens is 382 g/mol. The molecule has 1 N–H and O–H groups in total. The minimum absolute atomic E-state index is 0.226. The quantitative estimate of drug-likeness (QED) is 0.802. The number of rotatable bonds is 4. The molecule has 28 heavy (non-hydrogen) atoms. The number of halogens is 1. The molecule has 0 unspecified atom stereocenters. The van der Waals surface area contributed by atoms with Gasteiger partial charge in [-0.05, 0) is 36.8 Å². The Kier molecular flexibility index (Phi) is 4.56. The molecule has 1 saturated heterocycles. The number of anilines is 2. The van der Waals surface area contributed by atoms with Gasteiger partial charge in [-0.1, -0.05) is 41.1 Å². The predicted octanol–water partition coefficient (Wildman–Crippen LogP) is 2.58. The highest BCUT2D eigenvalue weighted by Gasteiger charge is 2.55. The number of imide groups is 1. The zero-order chi connectivity index (χ0) is 19.8. The normalized spacial score (nSPS) is 20.6. The fourth-order valence-electron chi connectivity index (χ4n) is 3.24. The largest absolute Gasteiger partial charge is 0.323 e. The van der Waals surface area contributed by atoms with Crippen LogP contribution in [0, 0.1) is 6.92 Å². The molecule has 0 aliphatic carbocycles. The van der Waals surface area contributed by atoms with Crippen LogP contribution in [0.2, 0.25) is 5.02 Å². The molecule has 2 aliphatic heterocycles. The number of fused-ring (bicyclic) bond motifs is 1. The molecular formula is C19H16ClN5O3. The number of amides is 3. The predicted molar refractivity (Wildman–Crippen MR) is 103 cm³/mol. The van der Waals surface area contributed by atoms with Gasteiger partial charge in [0.1, 0.15) is 6.54 Å². The van der Waals surface area contributed by atoms with Gasteiger partial charge in [0.15, 0.2) is 12.1 Å². The smallest absolute Gasteiger partial charge is 0.263 e. The van der Waals surface area contributed by atoms with E-state index in [0.717, 1.165) is 10.5 Å². The number of aryl methyl sites for hydroxylation is 1. The highest BCUT2D eigenvalue weighted by molar-refractivity contribution is 6.33. The maximum absolute atomic E-state index is 12.8. The summed E-state index contributed by atoms with van der Waals surface area (Å²) in [5.41, 5.74) is 1.90. The lowest BCUT2D eigenvalue weighted by atomic mass is 10.1. The van der Waals surface area contributed by atoms with Crippen LogP contribution >= 0.6 is 11.6 Å². The maximum Gasteiger partial charge on any atom is 0.263 e. The Morgan fingerprint density at radius 2 is 1.89 bits per heavy atom. The lowest BCUT2D eigenvalue weighted by Crippen LogP contribution is -2.43. The highest BCUT2D eigenvalue weighted by atomic mass is 35.5. The van der Waals surface area contributed by atoms with Crippen LogP contribution in [0.25, 0.3) is 0 Å². The first-order valence-corrected chi connectivity index (χ1v) is 9.00. The maximum atomic E-state index is 12.8. The number of carbonyl (C=O) groups is 3. The van der Waals surface area contributed by atoms with Crippen molar-refractivity contribution in [2.45, 2.75) is 19.0 Å². The SMILES string of the molecule is Cc1ccc(NC(=O)CN2N=N[C@H]3C(=O)N(c4ccccc4)C(=O)[C@@H]32)c(Cl)c1. The Morgan fingerprint density at radius 3 is 2.61 bits per heavy atom. The summed E-state index contributed by atoms with van der Waals surface area (Å²) in [5.74, 6) is -1.31. The van der Waals surface area contributed by atoms with E-state index < -0.39 is 29.8 Å². The summed E-state index contributed by atoms with van der Waals surface area (Å²) in [7, 11) is 0. The molecule has 4 rings (SSSR count). The van der Waals surface area contributed by atoms with E-state index in [4.69, 9.17) is 11.6 Å². The topological polar surface area (TPSA) is 94.4 Å². The molecule has 0 aromatic heterocycles. The van der Waals surface area contributed by atoms with Gasteiger partial charge in [0.2, 0.25) is 5.91 Å². The Hall–Kier alpha value is -3.26. The van der Waals surface area contributed by atoms with E-state index in [1.165, 1.54) is 5.01 Å². The number of benzene rings is 2. The van der Waals surface area contributed by atoms with Crippen LogP contribution in [-0.2, 0) is 14.4 Å². The summed E-state index contributed by atoms with van der Waals surface area (Å²) in [6.07, 6.45) is 0. The Morgan fingerprint density at radius 1 is 1.14 bits per heavy atom. The molecule has 2 atom stereocenters. The molecule has 3 amide bonds. The molecule has 2 heterocycles. The fourth-order valence-corrected chi connectivity index (χ4v) is 3.53. The number of nitrogens with zero attached hydrogens (tertiary/aromatic N) is 4. The summed E-state index contributed by atoms with van der Waals surface area (Å²) >= 11 is 6.13. The van der Waals surface area contributed by atoms with Crippen molar-refractivity contribution < 1.29 is 14.4 Å². The minimum Gasteiger partial charge on any atom is -0.323 e. The molecule has 0 radical (unpaired) electrons. The van der Waals surface area contributed by atoms with E-state index in [2.05, 4.69) is 15.7 Å². The van der Waals surface area contributed by atoms with E-state index >= 15 is 0 Å². The first-order chi connectivity index (χ1) is 13.5. The van der Waals surface area contributed by atoms with Crippen LogP contribution in [-0.4, -0.2) is 41.4 Å². The second-order valence-corrected chi connectivity index (χ2v) is 6.98. The van der Waals surface area contributed by atoms with Gasteiger partial charge in [-0.3, -0.25) is 19.4 Å². The summed E-state index contributed by atoms with van der Waals surface area (Å²) in [6, 6.07) is 12.0. The van der Waals surface area contributed by atoms with Crippen molar-refractivity contribution in [3.63, 3.8) is 0 Å². The zero-order valence-corrected chi connectivity index (χ0v) is 15.6. The van der Waals surface area contributed by atoms with Gasteiger partial charge >= 0.3 is 0 Å². The number of hydrogen-bond donors (Lipinski definition) is 1. The van der Waals surface area contributed by atoms with Gasteiger partial charge in [-0.2, -0.15) is 5.11 Å². The molecule has 0 bridgehead atoms. The van der Waals surface area contributed by atoms with Gasteiger partial charge in [0.05, 0.1) is 16.4 Å². The molecule has 1 fully saturated rings. The van der Waals surface area contributed by atoms with Crippen LogP contribution in [0.1, 0.15) is 5.56 Å². The number of carbonyl (C=O) groups excluding carboxylic acids is 3. The van der Waals surface area contributed by atoms with Crippen molar-refractivity contribution in [1.29, 1.82) is 0 Å². The van der Waals surface area contributed by atoms with E-state index in [9.17, 15) is 14.4 Å². The molecule has 0 spiro atoms. The zero-order valence-electron chi connectivity index (χ0n) is 14.9. The summed E-state index contributed by atoms with van der Waals surface area (Å²) in [4.78, 5) is 38.9. The van der Waals surface area contributed by atoms with E-state index in [1.807, 2.05) is 13.0 Å². The molecule has 2 aromatic carbocycles. The van der Waals surface area contributed by atoms with Gasteiger partial charge < -0.3 is 5.32 Å². The van der Waals surface area contributed by atoms with Gasteiger partial charge in [-0.25, -0.2) is 4.90 Å². The summed E-state index contributed by atoms with van der Waals surface area (Å²) in [6.45, 7) is 1.67. The molecule has 8 nitrogen and oxygen atoms in total. The fraction of sp³-hybridized carbons (Fsp3) is 0.211. The van der Waals surface area contributed by atoms with Gasteiger partial charge in [-0.15, -0.1) is 0 Å². The van der Waals surface area contributed by atoms with Gasteiger partial charge in [0, 0.05) is 0 Å². The summed E-state index contributed by atoms with van der Waals surface area (Å²) in [5, 5.41) is 12.1. The molecule has 2 aliphatic rings. The third-order valence-electron chi connectivity index (χ3n) is 4.58. The Balaban J connectivity index is 1.48. The third-order valence-corrected chi connectivity index (χ3v) is 4.89. The van der Waals surface area contributed by atoms with Crippen molar-refractivity contribution in [2.24, 2.45) is 10.3 Å². The summed E-state index contributed by atoms with van der Waals surface area (Å²) < 4.78 is 0. The van der Waals surface area contributed by atoms with Crippen LogP contribution in [0.15, 0.2) is 58.9 Å². The first-order valence-electron chi connectivity index (χ1n) is 8.62. The van der Waals surface area contributed by atoms with Crippen molar-refractivity contribution in [2.75, 3.05) is 16.8 Å². The second-order valence-electron chi connectivity index (χ2n) is 6.57. The Labute approximate surface area is 165 Å². The lowest BCUT2D eigenvalue weighted by molar-refractivity contribution is -0.123. The number of nitrogens with one attached hydrogen (secondary N) is 1. The third kappa shape index (κ3) is 3.11.